The monoisotopic (exact) mass is 382 g/mol. The fourth-order valence-corrected chi connectivity index (χ4v) is 4.31. The van der Waals surface area contributed by atoms with Gasteiger partial charge in [0.05, 0.1) is 0 Å². The van der Waals surface area contributed by atoms with Crippen molar-refractivity contribution in [1.29, 1.82) is 0 Å². The van der Waals surface area contributed by atoms with Gasteiger partial charge < -0.3 is 9.64 Å². The molecule has 0 N–H and O–H groups in total. The van der Waals surface area contributed by atoms with Crippen molar-refractivity contribution in [1.82, 2.24) is 9.88 Å². The van der Waals surface area contributed by atoms with Crippen molar-refractivity contribution >= 4 is 5.91 Å². The highest BCUT2D eigenvalue weighted by atomic mass is 19.1. The van der Waals surface area contributed by atoms with E-state index >= 15 is 0 Å². The average molecular weight is 382 g/mol. The Morgan fingerprint density at radius 3 is 2.71 bits per heavy atom. The van der Waals surface area contributed by atoms with Crippen LogP contribution in [0.3, 0.4) is 0 Å². The molecule has 0 bridgehead atoms. The number of aryl methyl sites for hydroxylation is 1. The Balaban J connectivity index is 1.43. The second-order valence-electron chi connectivity index (χ2n) is 7.91. The molecular weight excluding hydrogens is 355 g/mol. The molecule has 0 spiro atoms. The van der Waals surface area contributed by atoms with Gasteiger partial charge in [0.1, 0.15) is 11.9 Å². The molecular formula is C23H27FN2O2. The second kappa shape index (κ2) is 8.39. The van der Waals surface area contributed by atoms with Gasteiger partial charge in [-0.25, -0.2) is 4.39 Å². The second-order valence-corrected chi connectivity index (χ2v) is 7.91. The quantitative estimate of drug-likeness (QED) is 0.803. The van der Waals surface area contributed by atoms with Crippen molar-refractivity contribution in [3.8, 4) is 0 Å². The molecule has 2 aromatic rings. The Bertz CT molecular complexity index is 840. The minimum absolute atomic E-state index is 0.147. The lowest BCUT2D eigenvalue weighted by Crippen LogP contribution is -2.43. The van der Waals surface area contributed by atoms with Crippen LogP contribution in [0.2, 0.25) is 0 Å². The molecule has 0 radical (unpaired) electrons. The predicted molar refractivity (Wildman–Crippen MR) is 106 cm³/mol. The Kier molecular flexibility index (Phi) is 5.72. The number of nitrogens with zero attached hydrogens (tertiary/aromatic N) is 2. The summed E-state index contributed by atoms with van der Waals surface area (Å²) in [6.07, 6.45) is 3.98. The number of carbonyl (C=O) groups is 1. The first kappa shape index (κ1) is 19.1. The number of pyridine rings is 1. The number of hydrogen-bond donors (Lipinski definition) is 0. The molecule has 2 saturated heterocycles. The Morgan fingerprint density at radius 2 is 2.00 bits per heavy atom. The highest BCUT2D eigenvalue weighted by Crippen LogP contribution is 2.29. The molecule has 3 heterocycles. The van der Waals surface area contributed by atoms with Crippen molar-refractivity contribution in [2.45, 2.75) is 51.0 Å². The zero-order valence-electron chi connectivity index (χ0n) is 16.4. The summed E-state index contributed by atoms with van der Waals surface area (Å²) in [6.45, 7) is 4.19. The van der Waals surface area contributed by atoms with Crippen molar-refractivity contribution in [2.24, 2.45) is 0 Å². The fraction of sp³-hybridized carbons (Fsp3) is 0.478. The lowest BCUT2D eigenvalue weighted by molar-refractivity contribution is -0.142. The first-order valence-corrected chi connectivity index (χ1v) is 10.2. The summed E-state index contributed by atoms with van der Waals surface area (Å²) in [5, 5.41) is 0. The highest BCUT2D eigenvalue weighted by Gasteiger charge is 2.31. The minimum Gasteiger partial charge on any atom is -0.368 e. The van der Waals surface area contributed by atoms with Crippen molar-refractivity contribution in [2.75, 3.05) is 19.7 Å². The van der Waals surface area contributed by atoms with E-state index < -0.39 is 0 Å². The number of amides is 1. The first-order chi connectivity index (χ1) is 13.6. The Morgan fingerprint density at radius 1 is 1.21 bits per heavy atom. The van der Waals surface area contributed by atoms with Gasteiger partial charge in [-0.3, -0.25) is 9.78 Å². The standard InChI is InChI=1S/C23H27FN2O2/c1-16-13-17(14-19-5-2-3-6-20(19)24)15-21(25-16)18-8-10-26(11-9-18)23(27)22-7-4-12-28-22/h2-3,5-6,13,15,18,22H,4,7-12,14H2,1H3/t22-/m0/s1. The number of hydrogen-bond acceptors (Lipinski definition) is 3. The molecule has 4 rings (SSSR count). The largest absolute Gasteiger partial charge is 0.368 e. The smallest absolute Gasteiger partial charge is 0.251 e. The molecule has 28 heavy (non-hydrogen) atoms. The van der Waals surface area contributed by atoms with E-state index in [4.69, 9.17) is 9.72 Å². The molecule has 1 aromatic heterocycles. The van der Waals surface area contributed by atoms with Gasteiger partial charge in [0, 0.05) is 43.4 Å². The molecule has 148 valence electrons. The molecule has 1 amide bonds. The van der Waals surface area contributed by atoms with Crippen molar-refractivity contribution in [3.05, 3.63) is 64.7 Å². The molecule has 0 saturated carbocycles. The third-order valence-electron chi connectivity index (χ3n) is 5.82. The summed E-state index contributed by atoms with van der Waals surface area (Å²) < 4.78 is 19.6. The van der Waals surface area contributed by atoms with Crippen LogP contribution in [-0.4, -0.2) is 41.6 Å². The number of piperidine rings is 1. The number of halogens is 1. The number of likely N-dealkylation sites (tertiary alicyclic amines) is 1. The van der Waals surface area contributed by atoms with Crippen molar-refractivity contribution < 1.29 is 13.9 Å². The van der Waals surface area contributed by atoms with E-state index in [1.807, 2.05) is 30.0 Å². The maximum Gasteiger partial charge on any atom is 0.251 e. The molecule has 2 aliphatic rings. The van der Waals surface area contributed by atoms with Gasteiger partial charge in [-0.2, -0.15) is 0 Å². The van der Waals surface area contributed by atoms with Gasteiger partial charge in [0.2, 0.25) is 0 Å². The van der Waals surface area contributed by atoms with Crippen LogP contribution in [0.4, 0.5) is 4.39 Å². The van der Waals surface area contributed by atoms with E-state index in [0.29, 0.717) is 24.5 Å². The van der Waals surface area contributed by atoms with E-state index in [-0.39, 0.29) is 17.8 Å². The molecule has 2 fully saturated rings. The third-order valence-corrected chi connectivity index (χ3v) is 5.82. The van der Waals surface area contributed by atoms with Gasteiger partial charge in [-0.05, 0) is 61.9 Å². The van der Waals surface area contributed by atoms with Crippen LogP contribution >= 0.6 is 0 Å². The van der Waals surface area contributed by atoms with Crippen LogP contribution in [-0.2, 0) is 16.0 Å². The molecule has 0 aliphatic carbocycles. The molecule has 5 heteroatoms. The third kappa shape index (κ3) is 4.25. The fourth-order valence-electron chi connectivity index (χ4n) is 4.31. The predicted octanol–water partition coefficient (Wildman–Crippen LogP) is 4.00. The van der Waals surface area contributed by atoms with Crippen LogP contribution < -0.4 is 0 Å². The lowest BCUT2D eigenvalue weighted by Gasteiger charge is -2.33. The summed E-state index contributed by atoms with van der Waals surface area (Å²) >= 11 is 0. The van der Waals surface area contributed by atoms with E-state index in [2.05, 4.69) is 6.07 Å². The topological polar surface area (TPSA) is 42.4 Å². The molecule has 2 aliphatic heterocycles. The summed E-state index contributed by atoms with van der Waals surface area (Å²) in [7, 11) is 0. The summed E-state index contributed by atoms with van der Waals surface area (Å²) in [6, 6.07) is 11.1. The normalized spacial score (nSPS) is 20.5. The lowest BCUT2D eigenvalue weighted by atomic mass is 9.91. The number of rotatable bonds is 4. The van der Waals surface area contributed by atoms with Crippen LogP contribution in [0.5, 0.6) is 0 Å². The van der Waals surface area contributed by atoms with Crippen molar-refractivity contribution in [3.63, 3.8) is 0 Å². The number of benzene rings is 1. The first-order valence-electron chi connectivity index (χ1n) is 10.2. The van der Waals surface area contributed by atoms with Crippen LogP contribution in [0.15, 0.2) is 36.4 Å². The highest BCUT2D eigenvalue weighted by molar-refractivity contribution is 5.81. The maximum absolute atomic E-state index is 14.0. The minimum atomic E-state index is -0.235. The van der Waals surface area contributed by atoms with Gasteiger partial charge in [-0.1, -0.05) is 18.2 Å². The molecule has 4 nitrogen and oxygen atoms in total. The van der Waals surface area contributed by atoms with Crippen LogP contribution in [0.1, 0.15) is 54.1 Å². The van der Waals surface area contributed by atoms with Crippen LogP contribution in [0, 0.1) is 12.7 Å². The summed E-state index contributed by atoms with van der Waals surface area (Å²) in [4.78, 5) is 19.2. The molecule has 1 aromatic carbocycles. The maximum atomic E-state index is 14.0. The van der Waals surface area contributed by atoms with Gasteiger partial charge in [0.15, 0.2) is 0 Å². The number of aromatic nitrogens is 1. The van der Waals surface area contributed by atoms with E-state index in [1.165, 1.54) is 6.07 Å². The Labute approximate surface area is 165 Å². The zero-order chi connectivity index (χ0) is 19.5. The number of carbonyl (C=O) groups excluding carboxylic acids is 1. The Hall–Kier alpha value is -2.27. The number of ether oxygens (including phenoxy) is 1. The van der Waals surface area contributed by atoms with Crippen LogP contribution in [0.25, 0.3) is 0 Å². The van der Waals surface area contributed by atoms with Gasteiger partial charge in [-0.15, -0.1) is 0 Å². The molecule has 1 atom stereocenters. The molecule has 0 unspecified atom stereocenters. The zero-order valence-corrected chi connectivity index (χ0v) is 16.4. The van der Waals surface area contributed by atoms with Gasteiger partial charge in [0.25, 0.3) is 5.91 Å². The van der Waals surface area contributed by atoms with E-state index in [1.54, 1.807) is 6.07 Å². The van der Waals surface area contributed by atoms with E-state index in [0.717, 1.165) is 55.7 Å². The van der Waals surface area contributed by atoms with Gasteiger partial charge >= 0.3 is 0 Å². The van der Waals surface area contributed by atoms with E-state index in [9.17, 15) is 9.18 Å². The average Bonchev–Trinajstić information content (AvgIpc) is 3.24. The SMILES string of the molecule is Cc1cc(Cc2ccccc2F)cc(C2CCN(C(=O)[C@@H]3CCCO3)CC2)n1. The summed E-state index contributed by atoms with van der Waals surface area (Å²) in [5.41, 5.74) is 3.82. The summed E-state index contributed by atoms with van der Waals surface area (Å²) in [5.74, 6) is 0.320.